The number of pyridine rings is 1. The molecule has 2 aromatic rings. The minimum absolute atomic E-state index is 0.0338. The summed E-state index contributed by atoms with van der Waals surface area (Å²) < 4.78 is 1.33. The van der Waals surface area contributed by atoms with Gasteiger partial charge in [-0.3, -0.25) is 4.57 Å². The minimum atomic E-state index is -1.08. The fourth-order valence-corrected chi connectivity index (χ4v) is 1.62. The van der Waals surface area contributed by atoms with Crippen LogP contribution < -0.4 is 0 Å². The zero-order chi connectivity index (χ0) is 14.9. The van der Waals surface area contributed by atoms with Crippen LogP contribution in [0.5, 0.6) is 0 Å². The van der Waals surface area contributed by atoms with E-state index in [2.05, 4.69) is 9.97 Å². The van der Waals surface area contributed by atoms with Gasteiger partial charge in [0, 0.05) is 5.69 Å². The summed E-state index contributed by atoms with van der Waals surface area (Å²) in [5.41, 5.74) is 0.673. The highest BCUT2D eigenvalue weighted by Gasteiger charge is 2.15. The summed E-state index contributed by atoms with van der Waals surface area (Å²) in [6.45, 7) is 3.77. The molecular weight excluding hydrogens is 264 g/mol. The van der Waals surface area contributed by atoms with Gasteiger partial charge in [-0.05, 0) is 28.0 Å². The minimum Gasteiger partial charge on any atom is -0.478 e. The Balaban J connectivity index is 2.54. The summed E-state index contributed by atoms with van der Waals surface area (Å²) in [6.07, 6.45) is 2.42. The molecule has 0 spiro atoms. The first-order valence-electron chi connectivity index (χ1n) is 5.82. The van der Waals surface area contributed by atoms with Crippen molar-refractivity contribution in [2.24, 2.45) is 0 Å². The second kappa shape index (κ2) is 5.08. The Bertz CT molecular complexity index is 678. The molecule has 2 aromatic heterocycles. The van der Waals surface area contributed by atoms with Crippen molar-refractivity contribution >= 4 is 11.8 Å². The number of aromatic nitrogens is 3. The van der Waals surface area contributed by atoms with E-state index in [1.54, 1.807) is 0 Å². The highest BCUT2D eigenvalue weighted by Crippen LogP contribution is 2.18. The lowest BCUT2D eigenvalue weighted by molar-refractivity contribution is -0.389. The number of carboxylic acids is 1. The fraction of sp³-hybridized carbons (Fsp3) is 0.250. The summed E-state index contributed by atoms with van der Waals surface area (Å²) in [7, 11) is 0. The average Bonchev–Trinajstić information content (AvgIpc) is 2.87. The molecule has 1 N–H and O–H groups in total. The third-order valence-corrected chi connectivity index (χ3v) is 2.69. The van der Waals surface area contributed by atoms with Crippen molar-refractivity contribution < 1.29 is 14.8 Å². The Labute approximate surface area is 113 Å². The van der Waals surface area contributed by atoms with Crippen LogP contribution in [0.25, 0.3) is 5.82 Å². The molecule has 0 bridgehead atoms. The molecule has 0 unspecified atom stereocenters. The Morgan fingerprint density at radius 3 is 2.65 bits per heavy atom. The van der Waals surface area contributed by atoms with Crippen molar-refractivity contribution in [1.29, 1.82) is 0 Å². The van der Waals surface area contributed by atoms with Gasteiger partial charge in [0.1, 0.15) is 12.0 Å². The number of hydrogen-bond acceptors (Lipinski definition) is 5. The summed E-state index contributed by atoms with van der Waals surface area (Å²) in [5.74, 6) is -1.08. The lowest BCUT2D eigenvalue weighted by Gasteiger charge is -2.09. The topological polar surface area (TPSA) is 111 Å². The van der Waals surface area contributed by atoms with E-state index in [9.17, 15) is 14.9 Å². The number of carboxylic acid groups (broad SMARTS) is 1. The maximum absolute atomic E-state index is 11.1. The van der Waals surface area contributed by atoms with Crippen LogP contribution in [0.1, 0.15) is 35.8 Å². The van der Waals surface area contributed by atoms with Gasteiger partial charge in [-0.15, -0.1) is 0 Å². The number of hydrogen-bond donors (Lipinski definition) is 1. The quantitative estimate of drug-likeness (QED) is 0.675. The molecule has 0 aromatic carbocycles. The largest absolute Gasteiger partial charge is 0.478 e. The van der Waals surface area contributed by atoms with Crippen LogP contribution in [0, 0.1) is 10.1 Å². The molecule has 0 aliphatic rings. The maximum Gasteiger partial charge on any atom is 0.381 e. The van der Waals surface area contributed by atoms with Crippen LogP contribution in [0.15, 0.2) is 24.7 Å². The van der Waals surface area contributed by atoms with Crippen LogP contribution in [0.2, 0.25) is 0 Å². The van der Waals surface area contributed by atoms with Gasteiger partial charge in [0.25, 0.3) is 0 Å². The SMILES string of the molecule is CC(C)c1cc(C(=O)O)cc(-n2cnc([N+](=O)[O-])c2)n1. The third kappa shape index (κ3) is 2.63. The Kier molecular flexibility index (Phi) is 3.47. The maximum atomic E-state index is 11.1. The Morgan fingerprint density at radius 1 is 1.45 bits per heavy atom. The first-order chi connectivity index (χ1) is 9.38. The highest BCUT2D eigenvalue weighted by molar-refractivity contribution is 5.88. The number of aromatic carboxylic acids is 1. The van der Waals surface area contributed by atoms with Gasteiger partial charge in [-0.25, -0.2) is 9.78 Å². The fourth-order valence-electron chi connectivity index (χ4n) is 1.62. The van der Waals surface area contributed by atoms with Gasteiger partial charge in [-0.1, -0.05) is 13.8 Å². The van der Waals surface area contributed by atoms with Gasteiger partial charge < -0.3 is 15.2 Å². The second-order valence-corrected chi connectivity index (χ2v) is 4.49. The molecule has 2 heterocycles. The molecule has 104 valence electrons. The number of carbonyl (C=O) groups is 1. The summed E-state index contributed by atoms with van der Waals surface area (Å²) >= 11 is 0. The van der Waals surface area contributed by atoms with Crippen molar-refractivity contribution in [1.82, 2.24) is 14.5 Å². The van der Waals surface area contributed by atoms with Crippen molar-refractivity contribution in [2.75, 3.05) is 0 Å². The van der Waals surface area contributed by atoms with Crippen molar-refractivity contribution in [2.45, 2.75) is 19.8 Å². The van der Waals surface area contributed by atoms with Gasteiger partial charge >= 0.3 is 11.8 Å². The van der Waals surface area contributed by atoms with Crippen LogP contribution in [-0.4, -0.2) is 30.5 Å². The van der Waals surface area contributed by atoms with Crippen molar-refractivity contribution in [3.05, 3.63) is 46.0 Å². The average molecular weight is 276 g/mol. The van der Waals surface area contributed by atoms with E-state index in [0.717, 1.165) is 0 Å². The molecule has 0 saturated heterocycles. The molecule has 2 rings (SSSR count). The first kappa shape index (κ1) is 13.7. The van der Waals surface area contributed by atoms with Gasteiger partial charge in [0.15, 0.2) is 0 Å². The molecule has 0 amide bonds. The monoisotopic (exact) mass is 276 g/mol. The molecule has 8 heteroatoms. The van der Waals surface area contributed by atoms with E-state index in [1.165, 1.54) is 29.2 Å². The number of nitro groups is 1. The van der Waals surface area contributed by atoms with Crippen molar-refractivity contribution in [3.63, 3.8) is 0 Å². The van der Waals surface area contributed by atoms with Gasteiger partial charge in [0.05, 0.1) is 5.56 Å². The zero-order valence-corrected chi connectivity index (χ0v) is 10.8. The molecule has 0 saturated carbocycles. The highest BCUT2D eigenvalue weighted by atomic mass is 16.6. The number of rotatable bonds is 4. The number of nitrogens with zero attached hydrogens (tertiary/aromatic N) is 4. The van der Waals surface area contributed by atoms with E-state index in [4.69, 9.17) is 5.11 Å². The van der Waals surface area contributed by atoms with Crippen LogP contribution >= 0.6 is 0 Å². The Morgan fingerprint density at radius 2 is 2.15 bits per heavy atom. The lowest BCUT2D eigenvalue weighted by atomic mass is 10.1. The predicted octanol–water partition coefficient (Wildman–Crippen LogP) is 2.00. The molecule has 20 heavy (non-hydrogen) atoms. The smallest absolute Gasteiger partial charge is 0.381 e. The zero-order valence-electron chi connectivity index (χ0n) is 10.8. The van der Waals surface area contributed by atoms with Gasteiger partial charge in [-0.2, -0.15) is 0 Å². The Hall–Kier alpha value is -2.77. The first-order valence-corrected chi connectivity index (χ1v) is 5.82. The van der Waals surface area contributed by atoms with Crippen LogP contribution in [-0.2, 0) is 0 Å². The number of imidazole rings is 1. The van der Waals surface area contributed by atoms with E-state index >= 15 is 0 Å². The normalized spacial score (nSPS) is 10.8. The van der Waals surface area contributed by atoms with E-state index in [1.807, 2.05) is 13.8 Å². The molecule has 0 aliphatic heterocycles. The molecule has 0 atom stereocenters. The predicted molar refractivity (Wildman–Crippen MR) is 69.1 cm³/mol. The van der Waals surface area contributed by atoms with Crippen molar-refractivity contribution in [3.8, 4) is 5.82 Å². The van der Waals surface area contributed by atoms with E-state index in [0.29, 0.717) is 5.69 Å². The van der Waals surface area contributed by atoms with Crippen LogP contribution in [0.3, 0.4) is 0 Å². The second-order valence-electron chi connectivity index (χ2n) is 4.49. The van der Waals surface area contributed by atoms with E-state index in [-0.39, 0.29) is 23.1 Å². The lowest BCUT2D eigenvalue weighted by Crippen LogP contribution is -2.06. The summed E-state index contributed by atoms with van der Waals surface area (Å²) in [4.78, 5) is 29.0. The summed E-state index contributed by atoms with van der Waals surface area (Å²) in [5, 5.41) is 19.7. The molecular formula is C12H12N4O4. The molecule has 0 fully saturated rings. The standard InChI is InChI=1S/C12H12N4O4/c1-7(2)9-3-8(12(17)18)4-10(14-9)15-5-11(13-6-15)16(19)20/h3-7H,1-2H3,(H,17,18). The summed E-state index contributed by atoms with van der Waals surface area (Å²) in [6, 6.07) is 2.83. The molecule has 8 nitrogen and oxygen atoms in total. The van der Waals surface area contributed by atoms with E-state index < -0.39 is 10.9 Å². The molecule has 0 radical (unpaired) electrons. The molecule has 0 aliphatic carbocycles. The third-order valence-electron chi connectivity index (χ3n) is 2.69. The van der Waals surface area contributed by atoms with Gasteiger partial charge in [0.2, 0.25) is 6.33 Å². The van der Waals surface area contributed by atoms with Crippen LogP contribution in [0.4, 0.5) is 5.82 Å².